The van der Waals surface area contributed by atoms with E-state index in [1.807, 2.05) is 6.07 Å². The molecule has 0 radical (unpaired) electrons. The summed E-state index contributed by atoms with van der Waals surface area (Å²) in [6.45, 7) is -1.39. The summed E-state index contributed by atoms with van der Waals surface area (Å²) < 4.78 is 154. The van der Waals surface area contributed by atoms with Gasteiger partial charge in [0.05, 0.1) is 13.2 Å². The second-order valence-corrected chi connectivity index (χ2v) is 9.59. The van der Waals surface area contributed by atoms with Gasteiger partial charge in [0.1, 0.15) is 12.4 Å². The number of ether oxygens (including phenoxy) is 2. The van der Waals surface area contributed by atoms with Gasteiger partial charge in [-0.05, 0) is 42.7 Å². The summed E-state index contributed by atoms with van der Waals surface area (Å²) in [6.07, 6.45) is 2.52. The Morgan fingerprint density at radius 2 is 1.31 bits per heavy atom. The van der Waals surface area contributed by atoms with Crippen LogP contribution in [0.25, 0.3) is 11.4 Å². The highest BCUT2D eigenvalue weighted by Crippen LogP contribution is 2.57. The van der Waals surface area contributed by atoms with Gasteiger partial charge >= 0.3 is 29.9 Å². The Bertz CT molecular complexity index is 1100. The predicted molar refractivity (Wildman–Crippen MR) is 131 cm³/mol. The van der Waals surface area contributed by atoms with Gasteiger partial charge in [-0.3, -0.25) is 0 Å². The molecule has 2 rings (SSSR count). The van der Waals surface area contributed by atoms with Crippen molar-refractivity contribution in [1.29, 1.82) is 0 Å². The number of halogens is 11. The second kappa shape index (κ2) is 14.6. The van der Waals surface area contributed by atoms with Gasteiger partial charge in [0.25, 0.3) is 0 Å². The maximum Gasteiger partial charge on any atom is 0.460 e. The standard InChI is InChI=1S/C27H31F11N2O2/c1-2-3-4-5-6-7-10-19-17-20(22-39-13-8-14-40-22)11-12-21(19)42-16-9-15-41-18-23(28,29)24(30,31)25(32,33)26(34,35)27(36,37)38/h8,11-14,17H,2-7,9-10,15-16,18H2,1H3. The molecule has 0 amide bonds. The molecule has 0 aliphatic heterocycles. The molecule has 0 aliphatic carbocycles. The first kappa shape index (κ1) is 35.5. The van der Waals surface area contributed by atoms with E-state index < -0.39 is 43.1 Å². The summed E-state index contributed by atoms with van der Waals surface area (Å²) in [5.41, 5.74) is 1.50. The van der Waals surface area contributed by atoms with Crippen LogP contribution in [0.4, 0.5) is 48.3 Å². The fraction of sp³-hybridized carbons (Fsp3) is 0.630. The van der Waals surface area contributed by atoms with Crippen LogP contribution in [-0.4, -0.2) is 59.7 Å². The van der Waals surface area contributed by atoms with Crippen molar-refractivity contribution in [3.8, 4) is 17.1 Å². The molecule has 0 saturated heterocycles. The molecule has 0 fully saturated rings. The van der Waals surface area contributed by atoms with Gasteiger partial charge in [0.2, 0.25) is 0 Å². The van der Waals surface area contributed by atoms with Gasteiger partial charge in [-0.25, -0.2) is 9.97 Å². The predicted octanol–water partition coefficient (Wildman–Crippen LogP) is 8.94. The molecule has 0 unspecified atom stereocenters. The first-order valence-electron chi connectivity index (χ1n) is 13.2. The summed E-state index contributed by atoms with van der Waals surface area (Å²) in [6, 6.07) is 6.80. The topological polar surface area (TPSA) is 44.2 Å². The van der Waals surface area contributed by atoms with Crippen molar-refractivity contribution in [2.45, 2.75) is 88.2 Å². The van der Waals surface area contributed by atoms with Crippen molar-refractivity contribution in [2.24, 2.45) is 0 Å². The maximum atomic E-state index is 13.7. The van der Waals surface area contributed by atoms with Gasteiger partial charge in [0, 0.05) is 24.4 Å². The summed E-state index contributed by atoms with van der Waals surface area (Å²) in [5, 5.41) is 0. The van der Waals surface area contributed by atoms with Crippen LogP contribution in [0.5, 0.6) is 5.75 Å². The van der Waals surface area contributed by atoms with E-state index >= 15 is 0 Å². The molecular weight excluding hydrogens is 593 g/mol. The molecule has 238 valence electrons. The molecule has 0 saturated carbocycles. The first-order valence-corrected chi connectivity index (χ1v) is 13.2. The van der Waals surface area contributed by atoms with E-state index in [1.165, 1.54) is 0 Å². The van der Waals surface area contributed by atoms with Crippen LogP contribution in [0, 0.1) is 0 Å². The highest BCUT2D eigenvalue weighted by Gasteiger charge is 2.87. The molecular formula is C27H31F11N2O2. The van der Waals surface area contributed by atoms with Gasteiger partial charge in [0.15, 0.2) is 5.82 Å². The molecule has 15 heteroatoms. The summed E-state index contributed by atoms with van der Waals surface area (Å²) in [7, 11) is 0. The zero-order chi connectivity index (χ0) is 31.7. The smallest absolute Gasteiger partial charge is 0.460 e. The SMILES string of the molecule is CCCCCCCCc1cc(-c2ncccn2)ccc1OCCCOCC(F)(F)C(F)(F)C(F)(F)C(F)(F)C(F)(F)F. The monoisotopic (exact) mass is 624 g/mol. The Labute approximate surface area is 235 Å². The van der Waals surface area contributed by atoms with Crippen molar-refractivity contribution in [1.82, 2.24) is 9.97 Å². The fourth-order valence-corrected chi connectivity index (χ4v) is 3.84. The average molecular weight is 625 g/mol. The lowest BCUT2D eigenvalue weighted by atomic mass is 9.98. The van der Waals surface area contributed by atoms with Crippen molar-refractivity contribution in [3.63, 3.8) is 0 Å². The number of nitrogens with zero attached hydrogens (tertiary/aromatic N) is 2. The van der Waals surface area contributed by atoms with E-state index in [4.69, 9.17) is 4.74 Å². The first-order chi connectivity index (χ1) is 19.5. The number of hydrogen-bond acceptors (Lipinski definition) is 4. The number of alkyl halides is 11. The van der Waals surface area contributed by atoms with Crippen LogP contribution in [0.1, 0.15) is 57.4 Å². The van der Waals surface area contributed by atoms with Gasteiger partial charge in [-0.1, -0.05) is 39.0 Å². The molecule has 0 bridgehead atoms. The zero-order valence-corrected chi connectivity index (χ0v) is 22.6. The minimum Gasteiger partial charge on any atom is -0.493 e. The third kappa shape index (κ3) is 8.44. The lowest BCUT2D eigenvalue weighted by molar-refractivity contribution is -0.424. The number of benzene rings is 1. The van der Waals surface area contributed by atoms with Crippen molar-refractivity contribution >= 4 is 0 Å². The summed E-state index contributed by atoms with van der Waals surface area (Å²) in [5.74, 6) is -27.1. The third-order valence-electron chi connectivity index (χ3n) is 6.26. The van der Waals surface area contributed by atoms with Crippen LogP contribution in [0.3, 0.4) is 0 Å². The maximum absolute atomic E-state index is 13.7. The lowest BCUT2D eigenvalue weighted by Crippen LogP contribution is -2.67. The number of hydrogen-bond donors (Lipinski definition) is 0. The molecule has 1 aromatic carbocycles. The number of rotatable bonds is 18. The molecule has 0 spiro atoms. The highest BCUT2D eigenvalue weighted by molar-refractivity contribution is 5.58. The lowest BCUT2D eigenvalue weighted by Gasteiger charge is -2.37. The normalized spacial score (nSPS) is 13.4. The number of aromatic nitrogens is 2. The van der Waals surface area contributed by atoms with Crippen molar-refractivity contribution in [3.05, 3.63) is 42.2 Å². The molecule has 2 aromatic rings. The Morgan fingerprint density at radius 1 is 0.690 bits per heavy atom. The Hall–Kier alpha value is -2.71. The molecule has 1 heterocycles. The van der Waals surface area contributed by atoms with Crippen molar-refractivity contribution < 1.29 is 57.8 Å². The zero-order valence-electron chi connectivity index (χ0n) is 22.6. The molecule has 4 nitrogen and oxygen atoms in total. The van der Waals surface area contributed by atoms with Crippen LogP contribution in [0.2, 0.25) is 0 Å². The Kier molecular flexibility index (Phi) is 12.4. The average Bonchev–Trinajstić information content (AvgIpc) is 2.92. The van der Waals surface area contributed by atoms with E-state index in [-0.39, 0.29) is 13.0 Å². The van der Waals surface area contributed by atoms with E-state index in [1.54, 1.807) is 30.6 Å². The highest BCUT2D eigenvalue weighted by atomic mass is 19.4. The van der Waals surface area contributed by atoms with Crippen LogP contribution in [-0.2, 0) is 11.2 Å². The fourth-order valence-electron chi connectivity index (χ4n) is 3.84. The minimum atomic E-state index is -7.45. The minimum absolute atomic E-state index is 0.199. The molecule has 1 aromatic heterocycles. The van der Waals surface area contributed by atoms with Gasteiger partial charge in [-0.15, -0.1) is 0 Å². The number of aryl methyl sites for hydroxylation is 1. The molecule has 42 heavy (non-hydrogen) atoms. The summed E-state index contributed by atoms with van der Waals surface area (Å²) >= 11 is 0. The van der Waals surface area contributed by atoms with Crippen LogP contribution >= 0.6 is 0 Å². The van der Waals surface area contributed by atoms with E-state index in [0.717, 1.165) is 44.1 Å². The van der Waals surface area contributed by atoms with Gasteiger partial charge < -0.3 is 9.47 Å². The van der Waals surface area contributed by atoms with E-state index in [2.05, 4.69) is 21.6 Å². The second-order valence-electron chi connectivity index (χ2n) is 9.59. The van der Waals surface area contributed by atoms with Crippen LogP contribution < -0.4 is 4.74 Å². The molecule has 0 aliphatic rings. The quantitative estimate of drug-likeness (QED) is 0.123. The van der Waals surface area contributed by atoms with Crippen molar-refractivity contribution in [2.75, 3.05) is 19.8 Å². The Balaban J connectivity index is 1.97. The van der Waals surface area contributed by atoms with E-state index in [9.17, 15) is 48.3 Å². The van der Waals surface area contributed by atoms with Crippen LogP contribution in [0.15, 0.2) is 36.7 Å². The largest absolute Gasteiger partial charge is 0.493 e. The number of unbranched alkanes of at least 4 members (excludes halogenated alkanes) is 5. The molecule has 0 atom stereocenters. The third-order valence-corrected chi connectivity index (χ3v) is 6.26. The molecule has 0 N–H and O–H groups in total. The summed E-state index contributed by atoms with van der Waals surface area (Å²) in [4.78, 5) is 8.39. The van der Waals surface area contributed by atoms with E-state index in [0.29, 0.717) is 23.6 Å². The van der Waals surface area contributed by atoms with Gasteiger partial charge in [-0.2, -0.15) is 48.3 Å². The Morgan fingerprint density at radius 3 is 1.93 bits per heavy atom.